The molecular formula is C14H29NO2. The molecule has 0 aromatic rings. The van der Waals surface area contributed by atoms with E-state index in [0.717, 1.165) is 32.0 Å². The van der Waals surface area contributed by atoms with Crippen LogP contribution in [0.5, 0.6) is 0 Å². The van der Waals surface area contributed by atoms with E-state index in [-0.39, 0.29) is 5.60 Å². The minimum absolute atomic E-state index is 0.0688. The Morgan fingerprint density at radius 1 is 1.35 bits per heavy atom. The average Bonchev–Trinajstić information content (AvgIpc) is 3.09. The second kappa shape index (κ2) is 7.34. The van der Waals surface area contributed by atoms with Gasteiger partial charge in [0.25, 0.3) is 0 Å². The van der Waals surface area contributed by atoms with Crippen LogP contribution < -0.4 is 5.32 Å². The zero-order valence-corrected chi connectivity index (χ0v) is 11.9. The Morgan fingerprint density at radius 2 is 2.06 bits per heavy atom. The molecule has 0 amide bonds. The zero-order chi connectivity index (χ0) is 12.7. The van der Waals surface area contributed by atoms with E-state index >= 15 is 0 Å². The number of hydrogen-bond donors (Lipinski definition) is 1. The molecule has 0 aromatic heterocycles. The van der Waals surface area contributed by atoms with Gasteiger partial charge in [-0.15, -0.1) is 0 Å². The summed E-state index contributed by atoms with van der Waals surface area (Å²) < 4.78 is 11.3. The van der Waals surface area contributed by atoms with Gasteiger partial charge in [-0.2, -0.15) is 0 Å². The molecule has 0 heterocycles. The second-order valence-electron chi connectivity index (χ2n) is 5.68. The predicted molar refractivity (Wildman–Crippen MR) is 71.4 cm³/mol. The van der Waals surface area contributed by atoms with Gasteiger partial charge in [0.2, 0.25) is 0 Å². The fourth-order valence-corrected chi connectivity index (χ4v) is 1.73. The van der Waals surface area contributed by atoms with Gasteiger partial charge in [0.05, 0.1) is 11.7 Å². The van der Waals surface area contributed by atoms with E-state index in [1.165, 1.54) is 19.3 Å². The topological polar surface area (TPSA) is 30.5 Å². The average molecular weight is 243 g/mol. The molecule has 3 heteroatoms. The van der Waals surface area contributed by atoms with Crippen molar-refractivity contribution in [1.29, 1.82) is 0 Å². The van der Waals surface area contributed by atoms with Crippen LogP contribution in [0.3, 0.4) is 0 Å². The van der Waals surface area contributed by atoms with Crippen molar-refractivity contribution in [2.75, 3.05) is 20.3 Å². The van der Waals surface area contributed by atoms with Gasteiger partial charge >= 0.3 is 0 Å². The molecule has 0 saturated heterocycles. The molecule has 0 radical (unpaired) electrons. The van der Waals surface area contributed by atoms with Crippen molar-refractivity contribution >= 4 is 0 Å². The van der Waals surface area contributed by atoms with Crippen LogP contribution in [-0.4, -0.2) is 38.0 Å². The summed E-state index contributed by atoms with van der Waals surface area (Å²) in [5.41, 5.74) is -0.0688. The third-order valence-corrected chi connectivity index (χ3v) is 3.43. The Hall–Kier alpha value is -0.120. The summed E-state index contributed by atoms with van der Waals surface area (Å²) in [7, 11) is 1.76. The Balaban J connectivity index is 2.13. The number of ether oxygens (including phenoxy) is 2. The highest BCUT2D eigenvalue weighted by Gasteiger charge is 2.22. The smallest absolute Gasteiger partial charge is 0.0699 e. The number of rotatable bonds is 10. The maximum Gasteiger partial charge on any atom is 0.0699 e. The minimum atomic E-state index is -0.0688. The minimum Gasteiger partial charge on any atom is -0.379 e. The van der Waals surface area contributed by atoms with Crippen molar-refractivity contribution in [3.63, 3.8) is 0 Å². The van der Waals surface area contributed by atoms with E-state index in [9.17, 15) is 0 Å². The van der Waals surface area contributed by atoms with E-state index in [2.05, 4.69) is 26.1 Å². The molecule has 3 nitrogen and oxygen atoms in total. The molecule has 1 aliphatic rings. The van der Waals surface area contributed by atoms with Crippen LogP contribution >= 0.6 is 0 Å². The van der Waals surface area contributed by atoms with Gasteiger partial charge in [-0.05, 0) is 39.5 Å². The van der Waals surface area contributed by atoms with Crippen molar-refractivity contribution in [2.45, 2.75) is 70.6 Å². The lowest BCUT2D eigenvalue weighted by Crippen LogP contribution is -2.32. The van der Waals surface area contributed by atoms with Crippen molar-refractivity contribution < 1.29 is 9.47 Å². The van der Waals surface area contributed by atoms with Crippen molar-refractivity contribution in [2.24, 2.45) is 0 Å². The van der Waals surface area contributed by atoms with Crippen LogP contribution in [0.4, 0.5) is 0 Å². The van der Waals surface area contributed by atoms with Gasteiger partial charge in [-0.3, -0.25) is 0 Å². The number of nitrogens with one attached hydrogen (secondary N) is 1. The van der Waals surface area contributed by atoms with E-state index in [1.807, 2.05) is 0 Å². The summed E-state index contributed by atoms with van der Waals surface area (Å²) in [4.78, 5) is 0. The molecule has 1 N–H and O–H groups in total. The van der Waals surface area contributed by atoms with E-state index in [1.54, 1.807) is 7.11 Å². The summed E-state index contributed by atoms with van der Waals surface area (Å²) in [6, 6.07) is 0.772. The summed E-state index contributed by atoms with van der Waals surface area (Å²) in [6.07, 6.45) is 6.34. The molecule has 0 aromatic carbocycles. The Labute approximate surface area is 106 Å². The first kappa shape index (κ1) is 14.9. The van der Waals surface area contributed by atoms with Crippen LogP contribution in [-0.2, 0) is 9.47 Å². The lowest BCUT2D eigenvalue weighted by atomic mass is 10.1. The lowest BCUT2D eigenvalue weighted by molar-refractivity contribution is -0.0281. The summed E-state index contributed by atoms with van der Waals surface area (Å²) in [5.74, 6) is 0. The fourth-order valence-electron chi connectivity index (χ4n) is 1.73. The molecule has 1 atom stereocenters. The highest BCUT2D eigenvalue weighted by atomic mass is 16.5. The molecule has 1 saturated carbocycles. The van der Waals surface area contributed by atoms with Gasteiger partial charge in [-0.1, -0.05) is 13.3 Å². The lowest BCUT2D eigenvalue weighted by Gasteiger charge is -2.25. The number of hydrogen-bond acceptors (Lipinski definition) is 3. The number of methoxy groups -OCH3 is 1. The molecule has 0 spiro atoms. The van der Waals surface area contributed by atoms with Crippen LogP contribution in [0.15, 0.2) is 0 Å². The third-order valence-electron chi connectivity index (χ3n) is 3.43. The quantitative estimate of drug-likeness (QED) is 0.640. The molecular weight excluding hydrogens is 214 g/mol. The van der Waals surface area contributed by atoms with Gasteiger partial charge in [-0.25, -0.2) is 0 Å². The normalized spacial score (nSPS) is 18.4. The first-order chi connectivity index (χ1) is 8.07. The van der Waals surface area contributed by atoms with Crippen LogP contribution in [0, 0.1) is 0 Å². The third kappa shape index (κ3) is 7.02. The van der Waals surface area contributed by atoms with Gasteiger partial charge in [0.1, 0.15) is 0 Å². The first-order valence-electron chi connectivity index (χ1n) is 6.97. The van der Waals surface area contributed by atoms with Crippen LogP contribution in [0.25, 0.3) is 0 Å². The first-order valence-corrected chi connectivity index (χ1v) is 6.97. The van der Waals surface area contributed by atoms with Gasteiger partial charge in [0.15, 0.2) is 0 Å². The zero-order valence-electron chi connectivity index (χ0n) is 11.9. The monoisotopic (exact) mass is 243 g/mol. The molecule has 0 bridgehead atoms. The standard InChI is InChI=1S/C14H29NO2/c1-5-6-13(11-15-12-7-8-12)17-10-9-14(2,3)16-4/h12-13,15H,5-11H2,1-4H3. The molecule has 102 valence electrons. The van der Waals surface area contributed by atoms with E-state index < -0.39 is 0 Å². The summed E-state index contributed by atoms with van der Waals surface area (Å²) in [6.45, 7) is 8.22. The molecule has 0 aliphatic heterocycles. The summed E-state index contributed by atoms with van der Waals surface area (Å²) >= 11 is 0. The maximum atomic E-state index is 5.96. The Morgan fingerprint density at radius 3 is 2.59 bits per heavy atom. The fraction of sp³-hybridized carbons (Fsp3) is 1.00. The van der Waals surface area contributed by atoms with Crippen molar-refractivity contribution in [3.8, 4) is 0 Å². The molecule has 1 aliphatic carbocycles. The molecule has 1 unspecified atom stereocenters. The van der Waals surface area contributed by atoms with E-state index in [4.69, 9.17) is 9.47 Å². The van der Waals surface area contributed by atoms with E-state index in [0.29, 0.717) is 6.10 Å². The predicted octanol–water partition coefficient (Wildman–Crippen LogP) is 2.74. The van der Waals surface area contributed by atoms with Crippen LogP contribution in [0.1, 0.15) is 52.9 Å². The second-order valence-corrected chi connectivity index (χ2v) is 5.68. The van der Waals surface area contributed by atoms with Crippen LogP contribution in [0.2, 0.25) is 0 Å². The van der Waals surface area contributed by atoms with Crippen molar-refractivity contribution in [3.05, 3.63) is 0 Å². The Kier molecular flexibility index (Phi) is 6.45. The van der Waals surface area contributed by atoms with Crippen molar-refractivity contribution in [1.82, 2.24) is 5.32 Å². The highest BCUT2D eigenvalue weighted by Crippen LogP contribution is 2.19. The molecule has 17 heavy (non-hydrogen) atoms. The Bertz CT molecular complexity index is 202. The van der Waals surface area contributed by atoms with Gasteiger partial charge < -0.3 is 14.8 Å². The molecule has 1 fully saturated rings. The summed E-state index contributed by atoms with van der Waals surface area (Å²) in [5, 5.41) is 3.55. The van der Waals surface area contributed by atoms with Gasteiger partial charge in [0, 0.05) is 26.3 Å². The highest BCUT2D eigenvalue weighted by molar-refractivity contribution is 4.82. The molecule has 1 rings (SSSR count). The SMILES string of the molecule is CCCC(CNC1CC1)OCCC(C)(C)OC. The maximum absolute atomic E-state index is 5.96. The largest absolute Gasteiger partial charge is 0.379 e.